The summed E-state index contributed by atoms with van der Waals surface area (Å²) in [5.41, 5.74) is 4.40. The van der Waals surface area contributed by atoms with Gasteiger partial charge in [0.15, 0.2) is 0 Å². The molecule has 1 aromatic carbocycles. The van der Waals surface area contributed by atoms with Crippen LogP contribution in [0.25, 0.3) is 32.4 Å². The lowest BCUT2D eigenvalue weighted by Crippen LogP contribution is -2.11. The van der Waals surface area contributed by atoms with Gasteiger partial charge in [-0.3, -0.25) is 0 Å². The summed E-state index contributed by atoms with van der Waals surface area (Å²) in [4.78, 5) is 2.72. The van der Waals surface area contributed by atoms with E-state index in [2.05, 4.69) is 73.2 Å². The molecule has 0 saturated carbocycles. The summed E-state index contributed by atoms with van der Waals surface area (Å²) in [6.07, 6.45) is 0. The summed E-state index contributed by atoms with van der Waals surface area (Å²) in [7, 11) is 0. The van der Waals surface area contributed by atoms with Crippen LogP contribution >= 0.6 is 22.7 Å². The van der Waals surface area contributed by atoms with Crippen molar-refractivity contribution in [1.82, 2.24) is 4.57 Å². The van der Waals surface area contributed by atoms with Gasteiger partial charge in [-0.15, -0.1) is 22.7 Å². The topological polar surface area (TPSA) is 76.3 Å². The second kappa shape index (κ2) is 8.93. The van der Waals surface area contributed by atoms with E-state index < -0.39 is 0 Å². The van der Waals surface area contributed by atoms with Crippen LogP contribution in [-0.4, -0.2) is 4.57 Å². The first-order valence-electron chi connectivity index (χ1n) is 10.3. The number of allylic oxidation sites excluding steroid dienone is 2. The van der Waals surface area contributed by atoms with Crippen molar-refractivity contribution in [2.45, 2.75) is 26.2 Å². The van der Waals surface area contributed by atoms with Gasteiger partial charge in [0.2, 0.25) is 0 Å². The first-order valence-corrected chi connectivity index (χ1v) is 12.0. The van der Waals surface area contributed by atoms with Crippen molar-refractivity contribution in [2.75, 3.05) is 0 Å². The maximum Gasteiger partial charge on any atom is 0.148 e. The van der Waals surface area contributed by atoms with E-state index >= 15 is 0 Å². The fraction of sp³-hybridized carbons (Fsp3) is 0.148. The Labute approximate surface area is 201 Å². The van der Waals surface area contributed by atoms with Gasteiger partial charge >= 0.3 is 0 Å². The van der Waals surface area contributed by atoms with Crippen molar-refractivity contribution in [3.05, 3.63) is 82.1 Å². The lowest BCUT2D eigenvalue weighted by molar-refractivity contribution is 0.590. The quantitative estimate of drug-likeness (QED) is 0.292. The number of nitrogens with zero attached hydrogens (tertiary/aromatic N) is 4. The van der Waals surface area contributed by atoms with E-state index in [0.29, 0.717) is 4.88 Å². The first-order chi connectivity index (χ1) is 15.9. The summed E-state index contributed by atoms with van der Waals surface area (Å²) in [5, 5.41) is 30.0. The highest BCUT2D eigenvalue weighted by molar-refractivity contribution is 7.16. The van der Waals surface area contributed by atoms with Gasteiger partial charge in [0, 0.05) is 10.6 Å². The number of hydrogen-bond donors (Lipinski definition) is 0. The molecule has 3 aromatic heterocycles. The van der Waals surface area contributed by atoms with Crippen LogP contribution in [0.3, 0.4) is 0 Å². The standard InChI is InChI=1S/C27H20N4S2/c1-27(2,3)19-6-8-20(9-7-19)31-22(25-5-4-14-32-25)10-11-23(31)26-13-12-24(33-26)21(17-30)18(15-28)16-29/h4-14H,1-3H3. The molecule has 4 nitrogen and oxygen atoms in total. The highest BCUT2D eigenvalue weighted by Crippen LogP contribution is 2.39. The van der Waals surface area contributed by atoms with Gasteiger partial charge in [-0.2, -0.15) is 15.8 Å². The molecule has 4 aromatic rings. The Bertz CT molecular complexity index is 1440. The molecule has 0 amide bonds. The number of thiophene rings is 2. The van der Waals surface area contributed by atoms with E-state index in [1.165, 1.54) is 16.9 Å². The first kappa shape index (κ1) is 22.3. The molecule has 0 saturated heterocycles. The average Bonchev–Trinajstić information content (AvgIpc) is 3.56. The number of rotatable bonds is 4. The van der Waals surface area contributed by atoms with Crippen molar-refractivity contribution in [2.24, 2.45) is 0 Å². The van der Waals surface area contributed by atoms with E-state index in [-0.39, 0.29) is 16.6 Å². The smallest absolute Gasteiger partial charge is 0.148 e. The van der Waals surface area contributed by atoms with Gasteiger partial charge in [-0.05, 0) is 58.8 Å². The highest BCUT2D eigenvalue weighted by atomic mass is 32.1. The summed E-state index contributed by atoms with van der Waals surface area (Å²) in [5.74, 6) is 0. The second-order valence-electron chi connectivity index (χ2n) is 8.46. The number of nitriles is 3. The molecule has 0 aliphatic heterocycles. The number of aromatic nitrogens is 1. The molecule has 0 atom stereocenters. The average molecular weight is 465 g/mol. The third kappa shape index (κ3) is 4.26. The zero-order chi connectivity index (χ0) is 23.6. The van der Waals surface area contributed by atoms with Gasteiger partial charge in [0.05, 0.1) is 26.7 Å². The Hall–Kier alpha value is -3.89. The normalized spacial score (nSPS) is 10.8. The molecule has 0 bridgehead atoms. The van der Waals surface area contributed by atoms with E-state index in [1.807, 2.05) is 30.3 Å². The molecule has 0 N–H and O–H groups in total. The molecule has 4 rings (SSSR count). The van der Waals surface area contributed by atoms with Crippen molar-refractivity contribution < 1.29 is 0 Å². The molecule has 0 aliphatic rings. The molecule has 3 heterocycles. The predicted octanol–water partition coefficient (Wildman–Crippen LogP) is 7.56. The Balaban J connectivity index is 1.88. The Morgan fingerprint density at radius 2 is 1.45 bits per heavy atom. The monoisotopic (exact) mass is 464 g/mol. The molecule has 0 spiro atoms. The molecule has 0 radical (unpaired) electrons. The van der Waals surface area contributed by atoms with Crippen LogP contribution in [0.2, 0.25) is 0 Å². The Morgan fingerprint density at radius 3 is 2.00 bits per heavy atom. The van der Waals surface area contributed by atoms with Gasteiger partial charge in [-0.1, -0.05) is 39.0 Å². The lowest BCUT2D eigenvalue weighted by atomic mass is 9.87. The SMILES string of the molecule is CC(C)(C)c1ccc(-n2c(-c3cccs3)ccc2-c2ccc(C(C#N)=C(C#N)C#N)s2)cc1. The molecule has 33 heavy (non-hydrogen) atoms. The summed E-state index contributed by atoms with van der Waals surface area (Å²) in [6.45, 7) is 6.60. The van der Waals surface area contributed by atoms with Crippen LogP contribution < -0.4 is 0 Å². The number of hydrogen-bond acceptors (Lipinski definition) is 5. The summed E-state index contributed by atoms with van der Waals surface area (Å²) in [6, 6.07) is 26.4. The summed E-state index contributed by atoms with van der Waals surface area (Å²) < 4.78 is 2.22. The molecule has 0 fully saturated rings. The Morgan fingerprint density at radius 1 is 0.788 bits per heavy atom. The zero-order valence-corrected chi connectivity index (χ0v) is 20.1. The van der Waals surface area contributed by atoms with Crippen LogP contribution in [0.4, 0.5) is 0 Å². The van der Waals surface area contributed by atoms with Gasteiger partial charge in [0.1, 0.15) is 23.8 Å². The maximum absolute atomic E-state index is 9.54. The molecular formula is C27H20N4S2. The van der Waals surface area contributed by atoms with Crippen LogP contribution in [0.1, 0.15) is 31.2 Å². The van der Waals surface area contributed by atoms with Gasteiger partial charge in [0.25, 0.3) is 0 Å². The molecule has 0 unspecified atom stereocenters. The third-order valence-corrected chi connectivity index (χ3v) is 7.35. The fourth-order valence-corrected chi connectivity index (χ4v) is 5.38. The van der Waals surface area contributed by atoms with Crippen LogP contribution in [-0.2, 0) is 5.41 Å². The second-order valence-corrected chi connectivity index (χ2v) is 10.5. The number of benzene rings is 1. The van der Waals surface area contributed by atoms with Gasteiger partial charge < -0.3 is 4.57 Å². The largest absolute Gasteiger partial charge is 0.308 e. The highest BCUT2D eigenvalue weighted by Gasteiger charge is 2.19. The molecular weight excluding hydrogens is 444 g/mol. The molecule has 0 aliphatic carbocycles. The van der Waals surface area contributed by atoms with Crippen molar-refractivity contribution in [3.63, 3.8) is 0 Å². The van der Waals surface area contributed by atoms with E-state index in [0.717, 1.165) is 26.8 Å². The molecule has 160 valence electrons. The third-order valence-electron chi connectivity index (χ3n) is 5.34. The van der Waals surface area contributed by atoms with Gasteiger partial charge in [-0.25, -0.2) is 0 Å². The predicted molar refractivity (Wildman–Crippen MR) is 135 cm³/mol. The van der Waals surface area contributed by atoms with Crippen LogP contribution in [0.15, 0.2) is 71.6 Å². The van der Waals surface area contributed by atoms with E-state index in [4.69, 9.17) is 0 Å². The van der Waals surface area contributed by atoms with Crippen molar-refractivity contribution in [1.29, 1.82) is 15.8 Å². The van der Waals surface area contributed by atoms with Crippen LogP contribution in [0.5, 0.6) is 0 Å². The van der Waals surface area contributed by atoms with Crippen LogP contribution in [0, 0.1) is 34.0 Å². The summed E-state index contributed by atoms with van der Waals surface area (Å²) >= 11 is 3.09. The minimum Gasteiger partial charge on any atom is -0.308 e. The van der Waals surface area contributed by atoms with Crippen molar-refractivity contribution in [3.8, 4) is 45.0 Å². The van der Waals surface area contributed by atoms with E-state index in [9.17, 15) is 15.8 Å². The molecule has 6 heteroatoms. The zero-order valence-electron chi connectivity index (χ0n) is 18.5. The fourth-order valence-electron chi connectivity index (χ4n) is 3.62. The van der Waals surface area contributed by atoms with Crippen molar-refractivity contribution >= 4 is 28.2 Å². The Kier molecular flexibility index (Phi) is 6.03. The maximum atomic E-state index is 9.54. The minimum atomic E-state index is -0.168. The minimum absolute atomic E-state index is 0.0660. The lowest BCUT2D eigenvalue weighted by Gasteiger charge is -2.20. The van der Waals surface area contributed by atoms with E-state index in [1.54, 1.807) is 17.4 Å².